The Morgan fingerprint density at radius 3 is 2.37 bits per heavy atom. The zero-order valence-electron chi connectivity index (χ0n) is 28.0. The van der Waals surface area contributed by atoms with E-state index in [-0.39, 0.29) is 17.8 Å². The number of hydrogen-bond acceptors (Lipinski definition) is 10. The molecule has 0 saturated carbocycles. The zero-order valence-corrected chi connectivity index (χ0v) is 28.0. The van der Waals surface area contributed by atoms with Gasteiger partial charge in [-0.05, 0) is 61.4 Å². The van der Waals surface area contributed by atoms with E-state index in [1.165, 1.54) is 0 Å². The first kappa shape index (κ1) is 32.6. The van der Waals surface area contributed by atoms with Crippen LogP contribution in [-0.4, -0.2) is 74.8 Å². The van der Waals surface area contributed by atoms with Crippen LogP contribution in [0.15, 0.2) is 96.3 Å². The standard InChI is InChI=1S/C36H43N9O4/c1-3-27(2)45-35(46)43(26-40-45)31-11-9-30(10-12-31)41-17-19-42(20-18-41)34-14-13-32(21-28(34)22-37)47-23-33-24-48-36(49-33,25-44-38-15-16-39-44)29-7-5-4-6-8-29/h4-16,21,26-27,33H,3,17-20,22-25,37H2,1-2H3/t27?,33-,36-/m1/s1. The van der Waals surface area contributed by atoms with Crippen molar-refractivity contribution < 1.29 is 14.2 Å². The van der Waals surface area contributed by atoms with E-state index in [1.54, 1.807) is 32.8 Å². The Hall–Kier alpha value is -4.98. The number of piperazine rings is 1. The summed E-state index contributed by atoms with van der Waals surface area (Å²) in [7, 11) is 0. The van der Waals surface area contributed by atoms with Crippen molar-refractivity contribution >= 4 is 11.4 Å². The molecule has 0 radical (unpaired) electrons. The molecule has 2 saturated heterocycles. The van der Waals surface area contributed by atoms with Crippen LogP contribution in [0.2, 0.25) is 0 Å². The third-order valence-corrected chi connectivity index (χ3v) is 9.41. The maximum absolute atomic E-state index is 12.8. The summed E-state index contributed by atoms with van der Waals surface area (Å²) in [6.45, 7) is 8.94. The highest BCUT2D eigenvalue weighted by Gasteiger charge is 2.44. The number of hydrogen-bond donors (Lipinski definition) is 1. The van der Waals surface area contributed by atoms with Gasteiger partial charge >= 0.3 is 5.69 Å². The Balaban J connectivity index is 0.954. The van der Waals surface area contributed by atoms with Gasteiger partial charge in [0, 0.05) is 49.7 Å². The number of anilines is 2. The highest BCUT2D eigenvalue weighted by molar-refractivity contribution is 5.59. The van der Waals surface area contributed by atoms with Crippen LogP contribution in [-0.2, 0) is 28.4 Å². The van der Waals surface area contributed by atoms with Crippen molar-refractivity contribution in [1.29, 1.82) is 0 Å². The van der Waals surface area contributed by atoms with E-state index in [2.05, 4.69) is 43.3 Å². The smallest absolute Gasteiger partial charge is 0.350 e. The molecule has 49 heavy (non-hydrogen) atoms. The lowest BCUT2D eigenvalue weighted by atomic mass is 10.1. The van der Waals surface area contributed by atoms with E-state index in [9.17, 15) is 4.79 Å². The van der Waals surface area contributed by atoms with Crippen molar-refractivity contribution in [2.24, 2.45) is 5.73 Å². The molecule has 0 aliphatic carbocycles. The molecule has 2 N–H and O–H groups in total. The van der Waals surface area contributed by atoms with Gasteiger partial charge in [0.2, 0.25) is 5.79 Å². The molecular formula is C36H43N9O4. The molecule has 0 bridgehead atoms. The first-order valence-electron chi connectivity index (χ1n) is 16.9. The average molecular weight is 666 g/mol. The molecule has 1 unspecified atom stereocenters. The van der Waals surface area contributed by atoms with Gasteiger partial charge in [-0.2, -0.15) is 20.1 Å². The summed E-state index contributed by atoms with van der Waals surface area (Å²) in [5, 5.41) is 12.8. The number of nitrogens with two attached hydrogens (primary N) is 1. The van der Waals surface area contributed by atoms with Crippen LogP contribution in [0, 0.1) is 0 Å². The monoisotopic (exact) mass is 665 g/mol. The summed E-state index contributed by atoms with van der Waals surface area (Å²) in [5.41, 5.74) is 11.1. The fourth-order valence-electron chi connectivity index (χ4n) is 6.49. The molecule has 0 amide bonds. The SMILES string of the molecule is CCC(C)n1ncn(-c2ccc(N3CCN(c4ccc(OC[C@@H]5CO[C@@](Cn6nccn6)(c6ccccc6)O5)cc4CN)CC3)cc2)c1=O. The number of nitrogens with zero attached hydrogens (tertiary/aromatic N) is 8. The van der Waals surface area contributed by atoms with Crippen molar-refractivity contribution in [3.05, 3.63) is 113 Å². The Morgan fingerprint density at radius 2 is 1.65 bits per heavy atom. The molecule has 4 heterocycles. The molecule has 7 rings (SSSR count). The van der Waals surface area contributed by atoms with Crippen molar-refractivity contribution in [2.45, 2.75) is 51.3 Å². The summed E-state index contributed by atoms with van der Waals surface area (Å²) in [5.74, 6) is -0.257. The van der Waals surface area contributed by atoms with Crippen LogP contribution in [0.5, 0.6) is 5.75 Å². The summed E-state index contributed by atoms with van der Waals surface area (Å²) >= 11 is 0. The predicted octanol–water partition coefficient (Wildman–Crippen LogP) is 3.73. The van der Waals surface area contributed by atoms with Crippen LogP contribution >= 0.6 is 0 Å². The quantitative estimate of drug-likeness (QED) is 0.210. The molecule has 2 aliphatic rings. The van der Waals surface area contributed by atoms with Crippen LogP contribution < -0.4 is 26.0 Å². The third kappa shape index (κ3) is 6.82. The lowest BCUT2D eigenvalue weighted by molar-refractivity contribution is -0.192. The summed E-state index contributed by atoms with van der Waals surface area (Å²) < 4.78 is 22.1. The molecule has 0 spiro atoms. The van der Waals surface area contributed by atoms with E-state index in [1.807, 2.05) is 68.4 Å². The van der Waals surface area contributed by atoms with Crippen molar-refractivity contribution in [2.75, 3.05) is 49.2 Å². The second kappa shape index (κ2) is 14.2. The summed E-state index contributed by atoms with van der Waals surface area (Å²) in [6, 6.07) is 24.2. The van der Waals surface area contributed by atoms with Gasteiger partial charge in [-0.3, -0.25) is 0 Å². The minimum absolute atomic E-state index is 0.0627. The molecule has 3 aromatic carbocycles. The van der Waals surface area contributed by atoms with Gasteiger partial charge in [0.05, 0.1) is 30.7 Å². The first-order valence-corrected chi connectivity index (χ1v) is 16.9. The van der Waals surface area contributed by atoms with Crippen LogP contribution in [0.25, 0.3) is 5.69 Å². The lowest BCUT2D eigenvalue weighted by Gasteiger charge is -2.38. The Kier molecular flexibility index (Phi) is 9.47. The van der Waals surface area contributed by atoms with E-state index in [4.69, 9.17) is 19.9 Å². The van der Waals surface area contributed by atoms with Crippen molar-refractivity contribution in [3.8, 4) is 11.4 Å². The van der Waals surface area contributed by atoms with Crippen LogP contribution in [0.1, 0.15) is 37.4 Å². The topological polar surface area (TPSA) is 131 Å². The maximum atomic E-state index is 12.8. The van der Waals surface area contributed by atoms with Crippen molar-refractivity contribution in [3.63, 3.8) is 0 Å². The van der Waals surface area contributed by atoms with Gasteiger partial charge in [-0.25, -0.2) is 14.0 Å². The average Bonchev–Trinajstić information content (AvgIpc) is 3.92. The van der Waals surface area contributed by atoms with Crippen LogP contribution in [0.4, 0.5) is 11.4 Å². The Labute approximate surface area is 285 Å². The number of rotatable bonds is 12. The van der Waals surface area contributed by atoms with E-state index < -0.39 is 5.79 Å². The third-order valence-electron chi connectivity index (χ3n) is 9.41. The van der Waals surface area contributed by atoms with Gasteiger partial charge < -0.3 is 29.7 Å². The highest BCUT2D eigenvalue weighted by Crippen LogP contribution is 2.36. The highest BCUT2D eigenvalue weighted by atomic mass is 16.8. The molecule has 3 atom stereocenters. The molecule has 2 aliphatic heterocycles. The molecule has 2 aromatic heterocycles. The number of aromatic nitrogens is 6. The second-order valence-corrected chi connectivity index (χ2v) is 12.5. The number of benzene rings is 3. The second-order valence-electron chi connectivity index (χ2n) is 12.5. The molecule has 13 heteroatoms. The number of ether oxygens (including phenoxy) is 3. The largest absolute Gasteiger partial charge is 0.491 e. The fraction of sp³-hybridized carbons (Fsp3) is 0.389. The minimum Gasteiger partial charge on any atom is -0.491 e. The van der Waals surface area contributed by atoms with Gasteiger partial charge in [0.15, 0.2) is 0 Å². The maximum Gasteiger partial charge on any atom is 0.350 e. The van der Waals surface area contributed by atoms with Gasteiger partial charge in [0.25, 0.3) is 0 Å². The lowest BCUT2D eigenvalue weighted by Crippen LogP contribution is -2.46. The molecule has 256 valence electrons. The molecule has 2 fully saturated rings. The molecular weight excluding hydrogens is 622 g/mol. The molecule has 13 nitrogen and oxygen atoms in total. The molecule has 5 aromatic rings. The minimum atomic E-state index is -0.998. The fourth-order valence-corrected chi connectivity index (χ4v) is 6.49. The van der Waals surface area contributed by atoms with E-state index in [0.717, 1.165) is 66.5 Å². The van der Waals surface area contributed by atoms with E-state index in [0.29, 0.717) is 26.3 Å². The summed E-state index contributed by atoms with van der Waals surface area (Å²) in [6.07, 6.45) is 5.46. The van der Waals surface area contributed by atoms with Crippen molar-refractivity contribution in [1.82, 2.24) is 29.3 Å². The van der Waals surface area contributed by atoms with Gasteiger partial charge in [0.1, 0.15) is 31.3 Å². The van der Waals surface area contributed by atoms with Crippen LogP contribution in [0.3, 0.4) is 0 Å². The normalized spacial score (nSPS) is 20.1. The predicted molar refractivity (Wildman–Crippen MR) is 186 cm³/mol. The summed E-state index contributed by atoms with van der Waals surface area (Å²) in [4.78, 5) is 19.2. The Bertz CT molecular complexity index is 1870. The van der Waals surface area contributed by atoms with Gasteiger partial charge in [-0.1, -0.05) is 37.3 Å². The van der Waals surface area contributed by atoms with Gasteiger partial charge in [-0.15, -0.1) is 0 Å². The zero-order chi connectivity index (χ0) is 33.8. The Morgan fingerprint density at radius 1 is 0.939 bits per heavy atom. The first-order chi connectivity index (χ1) is 24.0. The van der Waals surface area contributed by atoms with E-state index >= 15 is 0 Å².